The molecule has 0 radical (unpaired) electrons. The molecule has 0 bridgehead atoms. The molecule has 0 N–H and O–H groups in total. The van der Waals surface area contributed by atoms with Crippen LogP contribution >= 0.6 is 0 Å². The van der Waals surface area contributed by atoms with E-state index >= 15 is 0 Å². The molecule has 1 aliphatic rings. The van der Waals surface area contributed by atoms with Crippen molar-refractivity contribution in [3.63, 3.8) is 0 Å². The molecule has 0 fully saturated rings. The Kier molecular flexibility index (Phi) is 5.24. The average molecular weight is 377 g/mol. The number of carbonyl (C=O) groups excluding carboxylic acids is 1. The van der Waals surface area contributed by atoms with E-state index in [9.17, 15) is 9.18 Å². The number of anilines is 1. The highest BCUT2D eigenvalue weighted by Crippen LogP contribution is 2.29. The largest absolute Gasteiger partial charge is 0.327 e. The third-order valence-corrected chi connectivity index (χ3v) is 5.28. The molecule has 5 heteroatoms. The molecule has 2 aromatic carbocycles. The van der Waals surface area contributed by atoms with Gasteiger partial charge in [0.2, 0.25) is 0 Å². The summed E-state index contributed by atoms with van der Waals surface area (Å²) in [6, 6.07) is 16.1. The van der Waals surface area contributed by atoms with Crippen LogP contribution in [0.25, 0.3) is 11.4 Å². The maximum atomic E-state index is 13.8. The zero-order valence-electron chi connectivity index (χ0n) is 16.1. The van der Waals surface area contributed by atoms with Crippen LogP contribution in [-0.4, -0.2) is 22.0 Å². The van der Waals surface area contributed by atoms with Gasteiger partial charge in [-0.25, -0.2) is 9.37 Å². The molecule has 1 amide bonds. The van der Waals surface area contributed by atoms with Crippen molar-refractivity contribution in [1.82, 2.24) is 9.55 Å². The monoisotopic (exact) mass is 377 g/mol. The predicted molar refractivity (Wildman–Crippen MR) is 109 cm³/mol. The summed E-state index contributed by atoms with van der Waals surface area (Å²) in [5.41, 5.74) is 3.03. The number of nitrogens with zero attached hydrogens (tertiary/aromatic N) is 3. The molecule has 4 nitrogen and oxygen atoms in total. The summed E-state index contributed by atoms with van der Waals surface area (Å²) < 4.78 is 15.9. The van der Waals surface area contributed by atoms with E-state index < -0.39 is 0 Å². The number of halogens is 1. The zero-order valence-corrected chi connectivity index (χ0v) is 16.1. The van der Waals surface area contributed by atoms with Crippen molar-refractivity contribution in [2.45, 2.75) is 39.2 Å². The number of imidazole rings is 1. The van der Waals surface area contributed by atoms with Gasteiger partial charge in [-0.3, -0.25) is 4.79 Å². The summed E-state index contributed by atoms with van der Waals surface area (Å²) >= 11 is 0. The highest BCUT2D eigenvalue weighted by Gasteiger charge is 2.27. The summed E-state index contributed by atoms with van der Waals surface area (Å²) in [4.78, 5) is 19.9. The lowest BCUT2D eigenvalue weighted by molar-refractivity contribution is 0.0983. The first-order valence-corrected chi connectivity index (χ1v) is 9.91. The van der Waals surface area contributed by atoms with E-state index in [0.29, 0.717) is 23.6 Å². The van der Waals surface area contributed by atoms with Gasteiger partial charge in [0.15, 0.2) is 5.69 Å². The van der Waals surface area contributed by atoms with Crippen LogP contribution in [-0.2, 0) is 13.0 Å². The highest BCUT2D eigenvalue weighted by molar-refractivity contribution is 6.06. The van der Waals surface area contributed by atoms with Crippen LogP contribution in [0.15, 0.2) is 54.6 Å². The van der Waals surface area contributed by atoms with Crippen molar-refractivity contribution in [2.24, 2.45) is 0 Å². The molecular formula is C23H24FN3O. The number of aromatic nitrogens is 2. The predicted octanol–water partition coefficient (Wildman–Crippen LogP) is 5.08. The van der Waals surface area contributed by atoms with E-state index in [0.717, 1.165) is 43.6 Å². The van der Waals surface area contributed by atoms with Gasteiger partial charge in [0.1, 0.15) is 11.6 Å². The number of hydrogen-bond acceptors (Lipinski definition) is 2. The Labute approximate surface area is 164 Å². The van der Waals surface area contributed by atoms with Gasteiger partial charge in [-0.1, -0.05) is 36.8 Å². The quantitative estimate of drug-likeness (QED) is 0.636. The van der Waals surface area contributed by atoms with Gasteiger partial charge in [0.25, 0.3) is 5.91 Å². The van der Waals surface area contributed by atoms with Gasteiger partial charge in [0.05, 0.1) is 5.69 Å². The summed E-state index contributed by atoms with van der Waals surface area (Å²) in [5.74, 6) is 0.293. The standard InChI is InChI=1S/C23H24FN3O/c1-2-26(19-12-5-3-6-13-19)23(28)21-20-14-7-4-8-15-27(20)22(25-21)17-10-9-11-18(24)16-17/h3,5-6,9-13,16H,2,4,7-8,14-15H2,1H3. The first-order chi connectivity index (χ1) is 13.7. The van der Waals surface area contributed by atoms with Crippen LogP contribution in [0.3, 0.4) is 0 Å². The van der Waals surface area contributed by atoms with E-state index in [1.165, 1.54) is 12.1 Å². The van der Waals surface area contributed by atoms with Gasteiger partial charge < -0.3 is 9.47 Å². The second kappa shape index (κ2) is 7.97. The second-order valence-electron chi connectivity index (χ2n) is 7.09. The lowest BCUT2D eigenvalue weighted by Crippen LogP contribution is -2.31. The first kappa shape index (κ1) is 18.4. The third-order valence-electron chi connectivity index (χ3n) is 5.28. The number of carbonyl (C=O) groups is 1. The highest BCUT2D eigenvalue weighted by atomic mass is 19.1. The SMILES string of the molecule is CCN(C(=O)c1nc(-c2cccc(F)c2)n2c1CCCCC2)c1ccccc1. The van der Waals surface area contributed by atoms with Gasteiger partial charge in [-0.15, -0.1) is 0 Å². The normalized spacial score (nSPS) is 13.6. The van der Waals surface area contributed by atoms with E-state index in [2.05, 4.69) is 4.57 Å². The van der Waals surface area contributed by atoms with Gasteiger partial charge in [0, 0.05) is 24.3 Å². The van der Waals surface area contributed by atoms with Gasteiger partial charge >= 0.3 is 0 Å². The van der Waals surface area contributed by atoms with E-state index in [1.54, 1.807) is 11.0 Å². The summed E-state index contributed by atoms with van der Waals surface area (Å²) in [7, 11) is 0. The Morgan fingerprint density at radius 3 is 2.68 bits per heavy atom. The number of rotatable bonds is 4. The Morgan fingerprint density at radius 1 is 1.11 bits per heavy atom. The minimum Gasteiger partial charge on any atom is -0.327 e. The maximum absolute atomic E-state index is 13.8. The molecule has 0 unspecified atom stereocenters. The number of hydrogen-bond donors (Lipinski definition) is 0. The molecule has 1 aromatic heterocycles. The lowest BCUT2D eigenvalue weighted by atomic mass is 10.1. The van der Waals surface area contributed by atoms with Crippen molar-refractivity contribution in [3.05, 3.63) is 71.8 Å². The molecule has 0 saturated carbocycles. The van der Waals surface area contributed by atoms with Crippen LogP contribution in [0.1, 0.15) is 42.4 Å². The molecule has 3 aromatic rings. The first-order valence-electron chi connectivity index (χ1n) is 9.91. The molecule has 144 valence electrons. The van der Waals surface area contributed by atoms with Gasteiger partial charge in [-0.2, -0.15) is 0 Å². The Morgan fingerprint density at radius 2 is 1.93 bits per heavy atom. The van der Waals surface area contributed by atoms with Crippen molar-refractivity contribution in [2.75, 3.05) is 11.4 Å². The molecule has 2 heterocycles. The van der Waals surface area contributed by atoms with E-state index in [1.807, 2.05) is 43.3 Å². The van der Waals surface area contributed by atoms with Crippen LogP contribution in [0.2, 0.25) is 0 Å². The Balaban J connectivity index is 1.81. The fourth-order valence-corrected chi connectivity index (χ4v) is 3.92. The molecule has 0 spiro atoms. The molecule has 4 rings (SSSR count). The topological polar surface area (TPSA) is 38.1 Å². The van der Waals surface area contributed by atoms with Crippen molar-refractivity contribution < 1.29 is 9.18 Å². The minimum atomic E-state index is -0.296. The molecule has 0 saturated heterocycles. The summed E-state index contributed by atoms with van der Waals surface area (Å²) in [5, 5.41) is 0. The fourth-order valence-electron chi connectivity index (χ4n) is 3.92. The van der Waals surface area contributed by atoms with Crippen LogP contribution in [0.4, 0.5) is 10.1 Å². The Bertz CT molecular complexity index is 981. The number of benzene rings is 2. The molecular weight excluding hydrogens is 353 g/mol. The average Bonchev–Trinajstić information content (AvgIpc) is 2.90. The molecule has 1 aliphatic heterocycles. The Hall–Kier alpha value is -2.95. The lowest BCUT2D eigenvalue weighted by Gasteiger charge is -2.20. The van der Waals surface area contributed by atoms with E-state index in [4.69, 9.17) is 4.98 Å². The zero-order chi connectivity index (χ0) is 19.5. The molecule has 28 heavy (non-hydrogen) atoms. The summed E-state index contributed by atoms with van der Waals surface area (Å²) in [6.45, 7) is 3.33. The van der Waals surface area contributed by atoms with Crippen molar-refractivity contribution >= 4 is 11.6 Å². The minimum absolute atomic E-state index is 0.0954. The maximum Gasteiger partial charge on any atom is 0.278 e. The third kappa shape index (κ3) is 3.44. The van der Waals surface area contributed by atoms with Gasteiger partial charge in [-0.05, 0) is 50.5 Å². The van der Waals surface area contributed by atoms with Crippen LogP contribution in [0, 0.1) is 5.82 Å². The van der Waals surface area contributed by atoms with Crippen LogP contribution < -0.4 is 4.90 Å². The van der Waals surface area contributed by atoms with Crippen LogP contribution in [0.5, 0.6) is 0 Å². The number of para-hydroxylation sites is 1. The smallest absolute Gasteiger partial charge is 0.278 e. The molecule has 0 atom stereocenters. The number of fused-ring (bicyclic) bond motifs is 1. The van der Waals surface area contributed by atoms with E-state index in [-0.39, 0.29) is 11.7 Å². The van der Waals surface area contributed by atoms with Crippen molar-refractivity contribution in [1.29, 1.82) is 0 Å². The second-order valence-corrected chi connectivity index (χ2v) is 7.09. The van der Waals surface area contributed by atoms with Crippen molar-refractivity contribution in [3.8, 4) is 11.4 Å². The summed E-state index contributed by atoms with van der Waals surface area (Å²) in [6.07, 6.45) is 4.01. The fraction of sp³-hybridized carbons (Fsp3) is 0.304. The number of amides is 1. The molecule has 0 aliphatic carbocycles.